The molecule has 2 saturated heterocycles. The molecule has 0 spiro atoms. The Kier molecular flexibility index (Phi) is 9.06. The number of hydroxylamine groups is 1. The molecule has 35 heavy (non-hydrogen) atoms. The number of rotatable bonds is 7. The van der Waals surface area contributed by atoms with E-state index in [1.54, 1.807) is 31.2 Å². The van der Waals surface area contributed by atoms with Gasteiger partial charge in [-0.15, -0.1) is 17.7 Å². The minimum Gasteiger partial charge on any atom is -0.481 e. The van der Waals surface area contributed by atoms with Crippen molar-refractivity contribution >= 4 is 33.6 Å². The molecule has 0 aromatic heterocycles. The van der Waals surface area contributed by atoms with Crippen molar-refractivity contribution in [3.63, 3.8) is 0 Å². The van der Waals surface area contributed by atoms with Crippen molar-refractivity contribution < 1.29 is 32.7 Å². The van der Waals surface area contributed by atoms with Gasteiger partial charge in [-0.3, -0.25) is 14.8 Å². The number of nitrogens with zero attached hydrogens (tertiary/aromatic N) is 2. The molecule has 12 heteroatoms. The minimum atomic E-state index is -4.15. The summed E-state index contributed by atoms with van der Waals surface area (Å²) in [6.07, 6.45) is 0.124. The Bertz CT molecular complexity index is 1070. The number of nitrogens with one attached hydrogen (secondary N) is 1. The lowest BCUT2D eigenvalue weighted by atomic mass is 10.0. The first-order valence-electron chi connectivity index (χ1n) is 11.2. The number of ether oxygens (including phenoxy) is 2. The van der Waals surface area contributed by atoms with Crippen LogP contribution in [0.4, 0.5) is 0 Å². The van der Waals surface area contributed by atoms with Crippen molar-refractivity contribution in [2.24, 2.45) is 0 Å². The Morgan fingerprint density at radius 1 is 1.26 bits per heavy atom. The Hall–Kier alpha value is -2.30. The highest BCUT2D eigenvalue weighted by Crippen LogP contribution is 2.43. The summed E-state index contributed by atoms with van der Waals surface area (Å²) in [5.41, 5.74) is 1.61. The van der Waals surface area contributed by atoms with Crippen molar-refractivity contribution in [2.45, 2.75) is 48.1 Å². The van der Waals surface area contributed by atoms with Crippen molar-refractivity contribution in [2.75, 3.05) is 39.5 Å². The van der Waals surface area contributed by atoms with Crippen LogP contribution in [-0.4, -0.2) is 90.1 Å². The van der Waals surface area contributed by atoms with Gasteiger partial charge in [0.25, 0.3) is 5.91 Å². The molecular formula is C23H31N3O7S2. The Morgan fingerprint density at radius 2 is 1.91 bits per heavy atom. The maximum Gasteiger partial charge on any atom is 0.263 e. The van der Waals surface area contributed by atoms with Crippen LogP contribution in [0.25, 0.3) is 0 Å². The van der Waals surface area contributed by atoms with Gasteiger partial charge < -0.3 is 14.4 Å². The summed E-state index contributed by atoms with van der Waals surface area (Å²) >= 11 is 1.37. The number of amides is 2. The van der Waals surface area contributed by atoms with Gasteiger partial charge in [-0.1, -0.05) is 5.92 Å². The van der Waals surface area contributed by atoms with Crippen LogP contribution in [0.1, 0.15) is 27.2 Å². The zero-order valence-electron chi connectivity index (χ0n) is 20.0. The molecule has 0 saturated carbocycles. The third-order valence-corrected chi connectivity index (χ3v) is 9.17. The van der Waals surface area contributed by atoms with E-state index in [-0.39, 0.29) is 35.6 Å². The van der Waals surface area contributed by atoms with E-state index in [1.807, 2.05) is 0 Å². The predicted molar refractivity (Wildman–Crippen MR) is 130 cm³/mol. The van der Waals surface area contributed by atoms with Crippen LogP contribution < -0.4 is 10.2 Å². The van der Waals surface area contributed by atoms with E-state index in [0.29, 0.717) is 32.1 Å². The lowest BCUT2D eigenvalue weighted by Crippen LogP contribution is -2.63. The van der Waals surface area contributed by atoms with Gasteiger partial charge in [0.15, 0.2) is 0 Å². The van der Waals surface area contributed by atoms with Gasteiger partial charge in [-0.05, 0) is 45.0 Å². The van der Waals surface area contributed by atoms with Crippen molar-refractivity contribution in [1.29, 1.82) is 0 Å². The van der Waals surface area contributed by atoms with E-state index in [0.717, 1.165) is 4.31 Å². The number of hydrogen-bond acceptors (Lipinski definition) is 8. The minimum absolute atomic E-state index is 0.0249. The van der Waals surface area contributed by atoms with Gasteiger partial charge >= 0.3 is 0 Å². The third kappa shape index (κ3) is 6.48. The highest BCUT2D eigenvalue weighted by atomic mass is 32.2. The number of sulfonamides is 1. The van der Waals surface area contributed by atoms with E-state index >= 15 is 0 Å². The second-order valence-electron chi connectivity index (χ2n) is 8.68. The van der Waals surface area contributed by atoms with Gasteiger partial charge in [-0.25, -0.2) is 13.9 Å². The lowest BCUT2D eigenvalue weighted by molar-refractivity contribution is -0.135. The third-order valence-electron chi connectivity index (χ3n) is 5.84. The van der Waals surface area contributed by atoms with Gasteiger partial charge in [-0.2, -0.15) is 4.31 Å². The van der Waals surface area contributed by atoms with E-state index in [2.05, 4.69) is 11.8 Å². The first-order valence-corrected chi connectivity index (χ1v) is 13.5. The average molecular weight is 526 g/mol. The molecule has 2 aliphatic heterocycles. The van der Waals surface area contributed by atoms with Gasteiger partial charge in [0.2, 0.25) is 15.9 Å². The predicted octanol–water partition coefficient (Wildman–Crippen LogP) is 1.10. The second kappa shape index (κ2) is 11.6. The summed E-state index contributed by atoms with van der Waals surface area (Å²) in [4.78, 5) is 27.2. The summed E-state index contributed by atoms with van der Waals surface area (Å²) < 4.78 is 38.3. The fraction of sp³-hybridized carbons (Fsp3) is 0.565. The van der Waals surface area contributed by atoms with Gasteiger partial charge in [0, 0.05) is 36.1 Å². The van der Waals surface area contributed by atoms with Crippen LogP contribution in [0.2, 0.25) is 0 Å². The number of carbonyl (C=O) groups excluding carboxylic acids is 2. The highest BCUT2D eigenvalue weighted by molar-refractivity contribution is 8.01. The molecule has 3 rings (SSSR count). The quantitative estimate of drug-likeness (QED) is 0.308. The molecule has 0 radical (unpaired) electrons. The molecule has 2 N–H and O–H groups in total. The number of carbonyl (C=O) groups is 2. The molecule has 192 valence electrons. The number of hydrogen-bond donors (Lipinski definition) is 2. The summed E-state index contributed by atoms with van der Waals surface area (Å²) in [6.45, 7) is 7.21. The molecule has 2 fully saturated rings. The molecule has 10 nitrogen and oxygen atoms in total. The topological polar surface area (TPSA) is 125 Å². The normalized spacial score (nSPS) is 22.6. The molecule has 1 aromatic rings. The van der Waals surface area contributed by atoms with Gasteiger partial charge in [0.05, 0.1) is 18.1 Å². The summed E-state index contributed by atoms with van der Waals surface area (Å²) in [7, 11) is -4.15. The van der Waals surface area contributed by atoms with E-state index in [1.165, 1.54) is 36.0 Å². The van der Waals surface area contributed by atoms with Crippen molar-refractivity contribution in [1.82, 2.24) is 14.7 Å². The standard InChI is InChI=1S/C23H31N3O7S2/c1-4-5-12-33-17-6-8-19(9-7-17)35(30,31)26-16-18(15-20(27)25-10-13-32-14-11-25)34-23(2,3)21(26)22(28)24-29/h6-9,18,21,29H,10-16H2,1-3H3,(H,24,28). The first-order chi connectivity index (χ1) is 16.6. The second-order valence-corrected chi connectivity index (χ2v) is 12.5. The maximum absolute atomic E-state index is 13.7. The number of morpholine rings is 1. The molecule has 2 heterocycles. The van der Waals surface area contributed by atoms with E-state index < -0.39 is 26.7 Å². The molecule has 2 aliphatic rings. The molecule has 2 amide bonds. The molecule has 0 aliphatic carbocycles. The Balaban J connectivity index is 1.87. The van der Waals surface area contributed by atoms with Crippen LogP contribution >= 0.6 is 11.8 Å². The SMILES string of the molecule is CC#CCOc1ccc(S(=O)(=O)N2CC(CC(=O)N3CCOCC3)SC(C)(C)C2C(=O)NO)cc1. The molecule has 0 bridgehead atoms. The summed E-state index contributed by atoms with van der Waals surface area (Å²) in [5, 5.41) is 8.98. The zero-order valence-corrected chi connectivity index (χ0v) is 21.7. The van der Waals surface area contributed by atoms with Crippen LogP contribution in [0.5, 0.6) is 5.75 Å². The zero-order chi connectivity index (χ0) is 25.6. The van der Waals surface area contributed by atoms with E-state index in [9.17, 15) is 23.2 Å². The highest BCUT2D eigenvalue weighted by Gasteiger charge is 2.51. The molecule has 1 aromatic carbocycles. The largest absolute Gasteiger partial charge is 0.481 e. The molecular weight excluding hydrogens is 494 g/mol. The van der Waals surface area contributed by atoms with Crippen LogP contribution in [0.15, 0.2) is 29.2 Å². The number of benzene rings is 1. The molecule has 2 unspecified atom stereocenters. The Morgan fingerprint density at radius 3 is 2.51 bits per heavy atom. The van der Waals surface area contributed by atoms with E-state index in [4.69, 9.17) is 9.47 Å². The smallest absolute Gasteiger partial charge is 0.263 e. The summed E-state index contributed by atoms with van der Waals surface area (Å²) in [5.74, 6) is 5.02. The lowest BCUT2D eigenvalue weighted by Gasteiger charge is -2.47. The van der Waals surface area contributed by atoms with Crippen LogP contribution in [0, 0.1) is 11.8 Å². The van der Waals surface area contributed by atoms with Gasteiger partial charge in [0.1, 0.15) is 18.4 Å². The molecule has 2 atom stereocenters. The first kappa shape index (κ1) is 27.3. The van der Waals surface area contributed by atoms with Crippen LogP contribution in [-0.2, 0) is 24.3 Å². The fourth-order valence-electron chi connectivity index (χ4n) is 4.21. The fourth-order valence-corrected chi connectivity index (χ4v) is 7.81. The maximum atomic E-state index is 13.7. The van der Waals surface area contributed by atoms with Crippen LogP contribution in [0.3, 0.4) is 0 Å². The van der Waals surface area contributed by atoms with Crippen molar-refractivity contribution in [3.05, 3.63) is 24.3 Å². The summed E-state index contributed by atoms with van der Waals surface area (Å²) in [6, 6.07) is 4.66. The monoisotopic (exact) mass is 525 g/mol. The Labute approximate surface area is 210 Å². The number of thioether (sulfide) groups is 1. The average Bonchev–Trinajstić information content (AvgIpc) is 2.83. The van der Waals surface area contributed by atoms with Crippen molar-refractivity contribution in [3.8, 4) is 17.6 Å².